The fourth-order valence-electron chi connectivity index (χ4n) is 3.08. The third kappa shape index (κ3) is 4.44. The summed E-state index contributed by atoms with van der Waals surface area (Å²) in [6.07, 6.45) is 9.04. The van der Waals surface area contributed by atoms with Crippen LogP contribution in [0.5, 0.6) is 5.75 Å². The van der Waals surface area contributed by atoms with Crippen LogP contribution in [0.25, 0.3) is 0 Å². The SMILES string of the molecule is CC(Cc1ccncc1)Nc1ccc(OC2CCCC2)c(F)c1. The summed E-state index contributed by atoms with van der Waals surface area (Å²) in [4.78, 5) is 4.02. The van der Waals surface area contributed by atoms with Crippen LogP contribution in [-0.2, 0) is 6.42 Å². The van der Waals surface area contributed by atoms with Gasteiger partial charge in [-0.05, 0) is 68.9 Å². The van der Waals surface area contributed by atoms with Crippen LogP contribution in [0.1, 0.15) is 38.2 Å². The van der Waals surface area contributed by atoms with Crippen molar-refractivity contribution in [1.82, 2.24) is 4.98 Å². The highest BCUT2D eigenvalue weighted by atomic mass is 19.1. The van der Waals surface area contributed by atoms with E-state index in [0.717, 1.165) is 24.9 Å². The van der Waals surface area contributed by atoms with Gasteiger partial charge in [0.2, 0.25) is 0 Å². The van der Waals surface area contributed by atoms with E-state index in [-0.39, 0.29) is 18.0 Å². The molecule has 3 rings (SSSR count). The molecule has 1 fully saturated rings. The van der Waals surface area contributed by atoms with Crippen molar-refractivity contribution in [3.8, 4) is 5.75 Å². The molecule has 1 aromatic carbocycles. The van der Waals surface area contributed by atoms with E-state index in [2.05, 4.69) is 17.2 Å². The number of hydrogen-bond acceptors (Lipinski definition) is 3. The Balaban J connectivity index is 1.58. The zero-order chi connectivity index (χ0) is 16.1. The first-order valence-corrected chi connectivity index (χ1v) is 8.32. The summed E-state index contributed by atoms with van der Waals surface area (Å²) in [5, 5.41) is 3.34. The summed E-state index contributed by atoms with van der Waals surface area (Å²) >= 11 is 0. The first-order valence-electron chi connectivity index (χ1n) is 8.32. The van der Waals surface area contributed by atoms with E-state index < -0.39 is 0 Å². The molecule has 0 saturated heterocycles. The molecule has 0 bridgehead atoms. The van der Waals surface area contributed by atoms with E-state index in [1.807, 2.05) is 18.2 Å². The first-order chi connectivity index (χ1) is 11.2. The molecule has 1 heterocycles. The maximum absolute atomic E-state index is 14.2. The molecule has 122 valence electrons. The molecule has 1 aliphatic carbocycles. The van der Waals surface area contributed by atoms with E-state index in [4.69, 9.17) is 4.74 Å². The molecular formula is C19H23FN2O. The lowest BCUT2D eigenvalue weighted by Gasteiger charge is -2.17. The second-order valence-corrected chi connectivity index (χ2v) is 6.27. The highest BCUT2D eigenvalue weighted by molar-refractivity contribution is 5.48. The van der Waals surface area contributed by atoms with Crippen molar-refractivity contribution in [3.05, 3.63) is 54.1 Å². The van der Waals surface area contributed by atoms with Crippen LogP contribution in [0.2, 0.25) is 0 Å². The Bertz CT molecular complexity index is 627. The summed E-state index contributed by atoms with van der Waals surface area (Å²) < 4.78 is 20.0. The van der Waals surface area contributed by atoms with Crippen LogP contribution in [0.4, 0.5) is 10.1 Å². The van der Waals surface area contributed by atoms with E-state index >= 15 is 0 Å². The Morgan fingerprint density at radius 1 is 1.22 bits per heavy atom. The predicted octanol–water partition coefficient (Wildman–Crippen LogP) is 4.59. The monoisotopic (exact) mass is 314 g/mol. The minimum atomic E-state index is -0.294. The standard InChI is InChI=1S/C19H23FN2O/c1-14(12-15-8-10-21-11-9-15)22-16-6-7-19(18(20)13-16)23-17-4-2-3-5-17/h6-11,13-14,17,22H,2-5,12H2,1H3. The Hall–Kier alpha value is -2.10. The molecular weight excluding hydrogens is 291 g/mol. The van der Waals surface area contributed by atoms with Gasteiger partial charge in [-0.15, -0.1) is 0 Å². The number of hydrogen-bond donors (Lipinski definition) is 1. The van der Waals surface area contributed by atoms with Crippen LogP contribution < -0.4 is 10.1 Å². The van der Waals surface area contributed by atoms with Gasteiger partial charge >= 0.3 is 0 Å². The van der Waals surface area contributed by atoms with Crippen LogP contribution in [-0.4, -0.2) is 17.1 Å². The molecule has 1 atom stereocenters. The average molecular weight is 314 g/mol. The summed E-state index contributed by atoms with van der Waals surface area (Å²) in [6, 6.07) is 9.34. The zero-order valence-electron chi connectivity index (χ0n) is 13.5. The minimum Gasteiger partial charge on any atom is -0.487 e. The molecule has 1 aliphatic rings. The highest BCUT2D eigenvalue weighted by Crippen LogP contribution is 2.27. The third-order valence-electron chi connectivity index (χ3n) is 4.23. The minimum absolute atomic E-state index is 0.175. The summed E-state index contributed by atoms with van der Waals surface area (Å²) in [6.45, 7) is 2.08. The maximum Gasteiger partial charge on any atom is 0.167 e. The largest absolute Gasteiger partial charge is 0.487 e. The molecule has 23 heavy (non-hydrogen) atoms. The number of anilines is 1. The number of rotatable bonds is 6. The van der Waals surface area contributed by atoms with Crippen molar-refractivity contribution in [2.45, 2.75) is 51.2 Å². The van der Waals surface area contributed by atoms with Crippen molar-refractivity contribution in [2.75, 3.05) is 5.32 Å². The predicted molar refractivity (Wildman–Crippen MR) is 90.3 cm³/mol. The molecule has 0 amide bonds. The van der Waals surface area contributed by atoms with E-state index in [1.54, 1.807) is 18.5 Å². The molecule has 0 spiro atoms. The van der Waals surface area contributed by atoms with Gasteiger partial charge in [0.25, 0.3) is 0 Å². The van der Waals surface area contributed by atoms with Crippen LogP contribution in [0.15, 0.2) is 42.7 Å². The van der Waals surface area contributed by atoms with Gasteiger partial charge < -0.3 is 10.1 Å². The molecule has 1 unspecified atom stereocenters. The lowest BCUT2D eigenvalue weighted by Crippen LogP contribution is -2.18. The number of pyridine rings is 1. The van der Waals surface area contributed by atoms with Gasteiger partial charge in [-0.1, -0.05) is 0 Å². The number of ether oxygens (including phenoxy) is 1. The number of benzene rings is 1. The number of nitrogens with zero attached hydrogens (tertiary/aromatic N) is 1. The van der Waals surface area contributed by atoms with Crippen molar-refractivity contribution >= 4 is 5.69 Å². The van der Waals surface area contributed by atoms with E-state index in [9.17, 15) is 4.39 Å². The number of nitrogens with one attached hydrogen (secondary N) is 1. The topological polar surface area (TPSA) is 34.2 Å². The fraction of sp³-hybridized carbons (Fsp3) is 0.421. The molecule has 1 N–H and O–H groups in total. The van der Waals surface area contributed by atoms with Crippen molar-refractivity contribution in [2.24, 2.45) is 0 Å². The van der Waals surface area contributed by atoms with Crippen LogP contribution in [0, 0.1) is 5.82 Å². The smallest absolute Gasteiger partial charge is 0.167 e. The molecule has 4 heteroatoms. The number of halogens is 1. The van der Waals surface area contributed by atoms with Crippen LogP contribution >= 0.6 is 0 Å². The Labute approximate surface area is 136 Å². The molecule has 2 aromatic rings. The van der Waals surface area contributed by atoms with Gasteiger partial charge in [-0.2, -0.15) is 0 Å². The molecule has 0 radical (unpaired) electrons. The first kappa shape index (κ1) is 15.8. The Morgan fingerprint density at radius 3 is 2.65 bits per heavy atom. The van der Waals surface area contributed by atoms with Gasteiger partial charge in [0.1, 0.15) is 0 Å². The molecule has 0 aliphatic heterocycles. The molecule has 1 saturated carbocycles. The summed E-state index contributed by atoms with van der Waals surface area (Å²) in [5.74, 6) is 0.0715. The lowest BCUT2D eigenvalue weighted by molar-refractivity contribution is 0.201. The lowest BCUT2D eigenvalue weighted by atomic mass is 10.1. The van der Waals surface area contributed by atoms with Crippen molar-refractivity contribution in [1.29, 1.82) is 0 Å². The third-order valence-corrected chi connectivity index (χ3v) is 4.23. The molecule has 1 aromatic heterocycles. The quantitative estimate of drug-likeness (QED) is 0.847. The second-order valence-electron chi connectivity index (χ2n) is 6.27. The van der Waals surface area contributed by atoms with Gasteiger partial charge in [-0.25, -0.2) is 4.39 Å². The van der Waals surface area contributed by atoms with Gasteiger partial charge in [-0.3, -0.25) is 4.98 Å². The Kier molecular flexibility index (Phi) is 5.11. The maximum atomic E-state index is 14.2. The Morgan fingerprint density at radius 2 is 1.96 bits per heavy atom. The van der Waals surface area contributed by atoms with Gasteiger partial charge in [0.05, 0.1) is 6.10 Å². The fourth-order valence-corrected chi connectivity index (χ4v) is 3.08. The average Bonchev–Trinajstić information content (AvgIpc) is 3.04. The highest BCUT2D eigenvalue weighted by Gasteiger charge is 2.18. The summed E-state index contributed by atoms with van der Waals surface area (Å²) in [5.41, 5.74) is 1.99. The number of aromatic nitrogens is 1. The molecule has 3 nitrogen and oxygen atoms in total. The zero-order valence-corrected chi connectivity index (χ0v) is 13.5. The normalized spacial score (nSPS) is 16.3. The van der Waals surface area contributed by atoms with Gasteiger partial charge in [0.15, 0.2) is 11.6 Å². The second kappa shape index (κ2) is 7.44. The summed E-state index contributed by atoms with van der Waals surface area (Å²) in [7, 11) is 0. The van der Waals surface area contributed by atoms with E-state index in [0.29, 0.717) is 5.75 Å². The van der Waals surface area contributed by atoms with Crippen LogP contribution in [0.3, 0.4) is 0 Å². The van der Waals surface area contributed by atoms with Gasteiger partial charge in [0, 0.05) is 30.2 Å². The van der Waals surface area contributed by atoms with Crippen molar-refractivity contribution < 1.29 is 9.13 Å². The van der Waals surface area contributed by atoms with Crippen molar-refractivity contribution in [3.63, 3.8) is 0 Å². The van der Waals surface area contributed by atoms with E-state index in [1.165, 1.54) is 24.5 Å².